The maximum Gasteiger partial charge on any atom is 0.0524 e. The lowest BCUT2D eigenvalue weighted by molar-refractivity contribution is 0.157. The van der Waals surface area contributed by atoms with Crippen molar-refractivity contribution < 1.29 is 5.11 Å². The Balaban J connectivity index is 1.65. The maximum absolute atomic E-state index is 9.21. The van der Waals surface area contributed by atoms with Gasteiger partial charge in [-0.2, -0.15) is 0 Å². The minimum Gasteiger partial charge on any atom is -0.393 e. The average Bonchev–Trinajstić information content (AvgIpc) is 2.70. The highest BCUT2D eigenvalue weighted by Gasteiger charge is 2.37. The van der Waals surface area contributed by atoms with E-state index in [0.29, 0.717) is 0 Å². The summed E-state index contributed by atoms with van der Waals surface area (Å²) in [6.07, 6.45) is 12.3. The summed E-state index contributed by atoms with van der Waals surface area (Å²) in [5.74, 6) is 0. The summed E-state index contributed by atoms with van der Waals surface area (Å²) in [6, 6.07) is 0.727. The van der Waals surface area contributed by atoms with Crippen LogP contribution in [0.2, 0.25) is 0 Å². The molecule has 0 aromatic rings. The third-order valence-electron chi connectivity index (χ3n) is 4.71. The molecule has 0 aliphatic heterocycles. The van der Waals surface area contributed by atoms with E-state index in [9.17, 15) is 5.11 Å². The Hall–Kier alpha value is -0.0800. The predicted octanol–water partition coefficient (Wildman–Crippen LogP) is 2.85. The van der Waals surface area contributed by atoms with Gasteiger partial charge in [-0.3, -0.25) is 0 Å². The normalized spacial score (nSPS) is 27.4. The Morgan fingerprint density at radius 1 is 1.19 bits per heavy atom. The third-order valence-corrected chi connectivity index (χ3v) is 4.71. The Kier molecular flexibility index (Phi) is 4.26. The van der Waals surface area contributed by atoms with E-state index < -0.39 is 0 Å². The molecule has 94 valence electrons. The predicted molar refractivity (Wildman–Crippen MR) is 67.5 cm³/mol. The quantitative estimate of drug-likeness (QED) is 0.771. The molecule has 2 saturated carbocycles. The first-order valence-electron chi connectivity index (χ1n) is 7.12. The zero-order valence-electron chi connectivity index (χ0n) is 10.7. The fourth-order valence-corrected chi connectivity index (χ4v) is 3.56. The molecule has 2 aliphatic rings. The standard InChI is InChI=1S/C14H27NO/c1-12(16)6-11-15-13-4-9-14(10-5-13)7-2-3-8-14/h12-13,15-16H,2-11H2,1H3. The van der Waals surface area contributed by atoms with Crippen LogP contribution < -0.4 is 5.32 Å². The van der Waals surface area contributed by atoms with Crippen molar-refractivity contribution in [3.8, 4) is 0 Å². The van der Waals surface area contributed by atoms with Crippen LogP contribution in [0.1, 0.15) is 64.7 Å². The van der Waals surface area contributed by atoms with E-state index in [-0.39, 0.29) is 6.10 Å². The Morgan fingerprint density at radius 3 is 2.38 bits per heavy atom. The van der Waals surface area contributed by atoms with Gasteiger partial charge in [0.1, 0.15) is 0 Å². The summed E-state index contributed by atoms with van der Waals surface area (Å²) in [6.45, 7) is 2.85. The van der Waals surface area contributed by atoms with Crippen molar-refractivity contribution in [1.82, 2.24) is 5.32 Å². The van der Waals surface area contributed by atoms with Crippen LogP contribution in [0, 0.1) is 5.41 Å². The summed E-state index contributed by atoms with van der Waals surface area (Å²) in [5.41, 5.74) is 0.752. The lowest BCUT2D eigenvalue weighted by atomic mass is 9.71. The number of hydrogen-bond donors (Lipinski definition) is 2. The second-order valence-electron chi connectivity index (χ2n) is 6.07. The molecule has 1 spiro atoms. The topological polar surface area (TPSA) is 32.3 Å². The molecule has 1 atom stereocenters. The number of rotatable bonds is 4. The molecule has 2 N–H and O–H groups in total. The summed E-state index contributed by atoms with van der Waals surface area (Å²) in [4.78, 5) is 0. The van der Waals surface area contributed by atoms with Crippen molar-refractivity contribution in [3.63, 3.8) is 0 Å². The first-order chi connectivity index (χ1) is 7.70. The number of hydrogen-bond acceptors (Lipinski definition) is 2. The highest BCUT2D eigenvalue weighted by atomic mass is 16.3. The molecule has 0 amide bonds. The second-order valence-corrected chi connectivity index (χ2v) is 6.07. The molecule has 0 aromatic heterocycles. The van der Waals surface area contributed by atoms with Crippen molar-refractivity contribution in [3.05, 3.63) is 0 Å². The van der Waals surface area contributed by atoms with Gasteiger partial charge < -0.3 is 10.4 Å². The summed E-state index contributed by atoms with van der Waals surface area (Å²) >= 11 is 0. The maximum atomic E-state index is 9.21. The molecule has 0 saturated heterocycles. The fraction of sp³-hybridized carbons (Fsp3) is 1.00. The second kappa shape index (κ2) is 5.50. The smallest absolute Gasteiger partial charge is 0.0524 e. The fourth-order valence-electron chi connectivity index (χ4n) is 3.56. The van der Waals surface area contributed by atoms with E-state index in [1.165, 1.54) is 51.4 Å². The Morgan fingerprint density at radius 2 is 1.81 bits per heavy atom. The molecule has 2 aliphatic carbocycles. The molecular formula is C14H27NO. The molecule has 2 nitrogen and oxygen atoms in total. The first kappa shape index (κ1) is 12.4. The highest BCUT2D eigenvalue weighted by molar-refractivity contribution is 4.91. The number of aliphatic hydroxyl groups excluding tert-OH is 1. The zero-order valence-corrected chi connectivity index (χ0v) is 10.7. The van der Waals surface area contributed by atoms with Gasteiger partial charge in [0.15, 0.2) is 0 Å². The SMILES string of the molecule is CC(O)CCNC1CCC2(CCCC2)CC1. The molecule has 1 unspecified atom stereocenters. The van der Waals surface area contributed by atoms with Gasteiger partial charge >= 0.3 is 0 Å². The zero-order chi connectivity index (χ0) is 11.4. The molecule has 16 heavy (non-hydrogen) atoms. The van der Waals surface area contributed by atoms with E-state index >= 15 is 0 Å². The van der Waals surface area contributed by atoms with Crippen LogP contribution in [0.3, 0.4) is 0 Å². The molecule has 2 rings (SSSR count). The van der Waals surface area contributed by atoms with E-state index in [1.54, 1.807) is 0 Å². The van der Waals surface area contributed by atoms with E-state index in [4.69, 9.17) is 0 Å². The van der Waals surface area contributed by atoms with Gasteiger partial charge in [0.05, 0.1) is 6.10 Å². The monoisotopic (exact) mass is 225 g/mol. The van der Waals surface area contributed by atoms with Gasteiger partial charge in [-0.15, -0.1) is 0 Å². The molecule has 0 radical (unpaired) electrons. The van der Waals surface area contributed by atoms with Crippen LogP contribution in [0.25, 0.3) is 0 Å². The molecule has 0 heterocycles. The minimum absolute atomic E-state index is 0.155. The summed E-state index contributed by atoms with van der Waals surface area (Å²) < 4.78 is 0. The first-order valence-corrected chi connectivity index (χ1v) is 7.12. The van der Waals surface area contributed by atoms with Crippen LogP contribution in [0.5, 0.6) is 0 Å². The molecule has 0 aromatic carbocycles. The Labute approximate surface area is 99.8 Å². The van der Waals surface area contributed by atoms with Gasteiger partial charge in [-0.25, -0.2) is 0 Å². The van der Waals surface area contributed by atoms with Gasteiger partial charge in [0.25, 0.3) is 0 Å². The van der Waals surface area contributed by atoms with Crippen LogP contribution >= 0.6 is 0 Å². The van der Waals surface area contributed by atoms with Crippen molar-refractivity contribution in [2.24, 2.45) is 5.41 Å². The summed E-state index contributed by atoms with van der Waals surface area (Å²) in [7, 11) is 0. The van der Waals surface area contributed by atoms with E-state index in [0.717, 1.165) is 24.4 Å². The van der Waals surface area contributed by atoms with Gasteiger partial charge in [0, 0.05) is 6.04 Å². The lowest BCUT2D eigenvalue weighted by Gasteiger charge is -2.37. The lowest BCUT2D eigenvalue weighted by Crippen LogP contribution is -2.37. The van der Waals surface area contributed by atoms with Crippen molar-refractivity contribution in [2.75, 3.05) is 6.54 Å². The van der Waals surface area contributed by atoms with Crippen LogP contribution in [0.4, 0.5) is 0 Å². The van der Waals surface area contributed by atoms with E-state index in [1.807, 2.05) is 6.92 Å². The minimum atomic E-state index is -0.155. The molecule has 2 fully saturated rings. The van der Waals surface area contributed by atoms with Crippen LogP contribution in [0.15, 0.2) is 0 Å². The van der Waals surface area contributed by atoms with Crippen molar-refractivity contribution in [2.45, 2.75) is 76.9 Å². The molecule has 2 heteroatoms. The summed E-state index contributed by atoms with van der Waals surface area (Å²) in [5, 5.41) is 12.8. The highest BCUT2D eigenvalue weighted by Crippen LogP contribution is 2.48. The van der Waals surface area contributed by atoms with Crippen molar-refractivity contribution in [1.29, 1.82) is 0 Å². The van der Waals surface area contributed by atoms with Gasteiger partial charge in [-0.1, -0.05) is 12.8 Å². The van der Waals surface area contributed by atoms with Gasteiger partial charge in [-0.05, 0) is 63.8 Å². The molecular weight excluding hydrogens is 198 g/mol. The largest absolute Gasteiger partial charge is 0.393 e. The third kappa shape index (κ3) is 3.21. The number of nitrogens with one attached hydrogen (secondary N) is 1. The Bertz CT molecular complexity index is 199. The van der Waals surface area contributed by atoms with Crippen molar-refractivity contribution >= 4 is 0 Å². The van der Waals surface area contributed by atoms with Crippen LogP contribution in [-0.4, -0.2) is 23.8 Å². The average molecular weight is 225 g/mol. The number of aliphatic hydroxyl groups is 1. The van der Waals surface area contributed by atoms with Crippen LogP contribution in [-0.2, 0) is 0 Å². The van der Waals surface area contributed by atoms with Gasteiger partial charge in [0.2, 0.25) is 0 Å². The molecule has 0 bridgehead atoms. The van der Waals surface area contributed by atoms with E-state index in [2.05, 4.69) is 5.32 Å².